The lowest BCUT2D eigenvalue weighted by atomic mass is 10.4. The van der Waals surface area contributed by atoms with Crippen LogP contribution in [0.25, 0.3) is 0 Å². The molecule has 16 heavy (non-hydrogen) atoms. The van der Waals surface area contributed by atoms with Crippen LogP contribution < -0.4 is 10.6 Å². The minimum Gasteiger partial charge on any atom is -0.383 e. The van der Waals surface area contributed by atoms with E-state index >= 15 is 0 Å². The van der Waals surface area contributed by atoms with Crippen LogP contribution in [-0.4, -0.2) is 49.4 Å². The van der Waals surface area contributed by atoms with Crippen molar-refractivity contribution in [2.75, 3.05) is 33.4 Å². The lowest BCUT2D eigenvalue weighted by molar-refractivity contribution is -0.120. The molecular formula is C9H16N4O3. The first kappa shape index (κ1) is 12.6. The third kappa shape index (κ3) is 5.42. The molecule has 0 bridgehead atoms. The molecule has 0 saturated heterocycles. The first-order chi connectivity index (χ1) is 7.83. The van der Waals surface area contributed by atoms with Crippen LogP contribution in [-0.2, 0) is 16.0 Å². The van der Waals surface area contributed by atoms with Gasteiger partial charge in [0.05, 0.1) is 13.2 Å². The summed E-state index contributed by atoms with van der Waals surface area (Å²) >= 11 is 0. The highest BCUT2D eigenvalue weighted by Gasteiger charge is 2.01. The standard InChI is InChI=1S/C9H16N4O3/c1-15-5-4-11-9(14)6-10-3-2-8-12-7-16-13-8/h7,10H,2-6H2,1H3,(H,11,14). The largest absolute Gasteiger partial charge is 0.383 e. The average molecular weight is 228 g/mol. The van der Waals surface area contributed by atoms with E-state index in [1.165, 1.54) is 6.39 Å². The van der Waals surface area contributed by atoms with Gasteiger partial charge in [0.1, 0.15) is 0 Å². The summed E-state index contributed by atoms with van der Waals surface area (Å²) in [4.78, 5) is 15.1. The highest BCUT2D eigenvalue weighted by molar-refractivity contribution is 5.77. The van der Waals surface area contributed by atoms with E-state index in [0.29, 0.717) is 31.9 Å². The number of hydrogen-bond acceptors (Lipinski definition) is 6. The van der Waals surface area contributed by atoms with Crippen LogP contribution in [0.5, 0.6) is 0 Å². The summed E-state index contributed by atoms with van der Waals surface area (Å²) in [6.45, 7) is 1.97. The predicted molar refractivity (Wildman–Crippen MR) is 55.8 cm³/mol. The molecule has 1 aromatic heterocycles. The summed E-state index contributed by atoms with van der Waals surface area (Å²) in [5.74, 6) is 0.581. The van der Waals surface area contributed by atoms with Gasteiger partial charge in [-0.05, 0) is 0 Å². The number of carbonyl (C=O) groups excluding carboxylic acids is 1. The molecule has 7 heteroatoms. The molecular weight excluding hydrogens is 212 g/mol. The quantitative estimate of drug-likeness (QED) is 0.553. The van der Waals surface area contributed by atoms with Crippen LogP contribution in [0, 0.1) is 0 Å². The molecule has 1 heterocycles. The number of carbonyl (C=O) groups is 1. The van der Waals surface area contributed by atoms with Gasteiger partial charge in [-0.1, -0.05) is 5.16 Å². The van der Waals surface area contributed by atoms with Crippen molar-refractivity contribution in [2.24, 2.45) is 0 Å². The van der Waals surface area contributed by atoms with E-state index in [9.17, 15) is 4.79 Å². The fourth-order valence-electron chi connectivity index (χ4n) is 1.06. The minimum atomic E-state index is -0.0508. The molecule has 1 rings (SSSR count). The van der Waals surface area contributed by atoms with Gasteiger partial charge in [0.25, 0.3) is 0 Å². The summed E-state index contributed by atoms with van der Waals surface area (Å²) < 4.78 is 9.38. The lowest BCUT2D eigenvalue weighted by Gasteiger charge is -2.04. The molecule has 90 valence electrons. The van der Waals surface area contributed by atoms with Crippen LogP contribution in [0.2, 0.25) is 0 Å². The predicted octanol–water partition coefficient (Wildman–Crippen LogP) is -1.04. The van der Waals surface area contributed by atoms with E-state index in [0.717, 1.165) is 0 Å². The lowest BCUT2D eigenvalue weighted by Crippen LogP contribution is -2.36. The van der Waals surface area contributed by atoms with Gasteiger partial charge in [-0.2, -0.15) is 4.98 Å². The average Bonchev–Trinajstić information content (AvgIpc) is 2.78. The Kier molecular flexibility index (Phi) is 6.12. The fraction of sp³-hybridized carbons (Fsp3) is 0.667. The maximum Gasteiger partial charge on any atom is 0.234 e. The molecule has 7 nitrogen and oxygen atoms in total. The second-order valence-electron chi connectivity index (χ2n) is 3.12. The third-order valence-corrected chi connectivity index (χ3v) is 1.85. The van der Waals surface area contributed by atoms with Crippen LogP contribution in [0.3, 0.4) is 0 Å². The number of methoxy groups -OCH3 is 1. The number of rotatable bonds is 8. The molecule has 0 atom stereocenters. The Balaban J connectivity index is 1.96. The van der Waals surface area contributed by atoms with E-state index in [2.05, 4.69) is 25.3 Å². The number of aromatic nitrogens is 2. The van der Waals surface area contributed by atoms with Gasteiger partial charge in [-0.3, -0.25) is 4.79 Å². The Hall–Kier alpha value is -1.47. The second-order valence-corrected chi connectivity index (χ2v) is 3.12. The highest BCUT2D eigenvalue weighted by Crippen LogP contribution is 1.87. The van der Waals surface area contributed by atoms with E-state index in [-0.39, 0.29) is 12.5 Å². The first-order valence-corrected chi connectivity index (χ1v) is 5.04. The van der Waals surface area contributed by atoms with Gasteiger partial charge in [0.15, 0.2) is 5.82 Å². The number of amides is 1. The normalized spacial score (nSPS) is 10.3. The zero-order valence-electron chi connectivity index (χ0n) is 9.23. The molecule has 0 aliphatic rings. The molecule has 1 amide bonds. The number of nitrogens with zero attached hydrogens (tertiary/aromatic N) is 2. The Bertz CT molecular complexity index is 289. The third-order valence-electron chi connectivity index (χ3n) is 1.85. The Labute approximate surface area is 93.5 Å². The highest BCUT2D eigenvalue weighted by atomic mass is 16.5. The van der Waals surface area contributed by atoms with Gasteiger partial charge in [-0.15, -0.1) is 0 Å². The van der Waals surface area contributed by atoms with Crippen LogP contribution in [0.4, 0.5) is 0 Å². The Morgan fingerprint density at radius 3 is 3.12 bits per heavy atom. The van der Waals surface area contributed by atoms with Crippen LogP contribution in [0.15, 0.2) is 10.9 Å². The summed E-state index contributed by atoms with van der Waals surface area (Å²) in [7, 11) is 1.59. The summed E-state index contributed by atoms with van der Waals surface area (Å²) in [6.07, 6.45) is 1.93. The monoisotopic (exact) mass is 228 g/mol. The molecule has 2 N–H and O–H groups in total. The van der Waals surface area contributed by atoms with Crippen molar-refractivity contribution in [3.05, 3.63) is 12.2 Å². The molecule has 0 unspecified atom stereocenters. The summed E-state index contributed by atoms with van der Waals surface area (Å²) in [6, 6.07) is 0. The molecule has 0 aromatic carbocycles. The van der Waals surface area contributed by atoms with Crippen molar-refractivity contribution in [1.82, 2.24) is 20.8 Å². The van der Waals surface area contributed by atoms with Crippen LogP contribution in [0.1, 0.15) is 5.82 Å². The molecule has 0 aliphatic heterocycles. The topological polar surface area (TPSA) is 89.3 Å². The van der Waals surface area contributed by atoms with Crippen molar-refractivity contribution in [3.8, 4) is 0 Å². The van der Waals surface area contributed by atoms with Crippen molar-refractivity contribution in [2.45, 2.75) is 6.42 Å². The molecule has 1 aromatic rings. The maximum absolute atomic E-state index is 11.2. The fourth-order valence-corrected chi connectivity index (χ4v) is 1.06. The van der Waals surface area contributed by atoms with E-state index in [1.807, 2.05) is 0 Å². The van der Waals surface area contributed by atoms with Gasteiger partial charge >= 0.3 is 0 Å². The molecule has 0 aliphatic carbocycles. The minimum absolute atomic E-state index is 0.0508. The Morgan fingerprint density at radius 1 is 1.56 bits per heavy atom. The van der Waals surface area contributed by atoms with Gasteiger partial charge in [0.2, 0.25) is 12.3 Å². The summed E-state index contributed by atoms with van der Waals surface area (Å²) in [5.41, 5.74) is 0. The molecule has 0 radical (unpaired) electrons. The van der Waals surface area contributed by atoms with Gasteiger partial charge in [-0.25, -0.2) is 0 Å². The van der Waals surface area contributed by atoms with Crippen molar-refractivity contribution in [1.29, 1.82) is 0 Å². The zero-order chi connectivity index (χ0) is 11.6. The van der Waals surface area contributed by atoms with E-state index < -0.39 is 0 Å². The van der Waals surface area contributed by atoms with Gasteiger partial charge < -0.3 is 19.9 Å². The SMILES string of the molecule is COCCNC(=O)CNCCc1ncon1. The van der Waals surface area contributed by atoms with E-state index in [1.54, 1.807) is 7.11 Å². The second kappa shape index (κ2) is 7.77. The smallest absolute Gasteiger partial charge is 0.234 e. The van der Waals surface area contributed by atoms with Crippen molar-refractivity contribution in [3.63, 3.8) is 0 Å². The first-order valence-electron chi connectivity index (χ1n) is 5.04. The van der Waals surface area contributed by atoms with Crippen molar-refractivity contribution < 1.29 is 14.1 Å². The van der Waals surface area contributed by atoms with Crippen LogP contribution >= 0.6 is 0 Å². The molecule has 0 fully saturated rings. The number of nitrogens with one attached hydrogen (secondary N) is 2. The van der Waals surface area contributed by atoms with Crippen molar-refractivity contribution >= 4 is 5.91 Å². The summed E-state index contributed by atoms with van der Waals surface area (Å²) in [5, 5.41) is 9.33. The maximum atomic E-state index is 11.2. The molecule has 0 saturated carbocycles. The van der Waals surface area contributed by atoms with Gasteiger partial charge in [0, 0.05) is 26.6 Å². The zero-order valence-corrected chi connectivity index (χ0v) is 9.23. The molecule has 0 spiro atoms. The Morgan fingerprint density at radius 2 is 2.44 bits per heavy atom. The number of ether oxygens (including phenoxy) is 1. The number of hydrogen-bond donors (Lipinski definition) is 2. The van der Waals surface area contributed by atoms with E-state index in [4.69, 9.17) is 4.74 Å².